The van der Waals surface area contributed by atoms with Gasteiger partial charge in [-0.25, -0.2) is 0 Å². The van der Waals surface area contributed by atoms with Crippen LogP contribution < -0.4 is 5.32 Å². The molecule has 1 aliphatic carbocycles. The van der Waals surface area contributed by atoms with Crippen molar-refractivity contribution in [3.8, 4) is 0 Å². The van der Waals surface area contributed by atoms with E-state index in [1.165, 1.54) is 53.4 Å². The van der Waals surface area contributed by atoms with Crippen molar-refractivity contribution in [2.75, 3.05) is 6.54 Å². The standard InChI is InChI=1S/C21H32N2O/c1-14-9-10-21-19(11-14)16(3)17(4)23(21)13-18(24)12-22-20-8-6-5-7-15(20)2/h9-11,15,18,20,22,24H,5-8,12-13H2,1-4H3. The smallest absolute Gasteiger partial charge is 0.0843 e. The monoisotopic (exact) mass is 328 g/mol. The van der Waals surface area contributed by atoms with Gasteiger partial charge in [-0.05, 0) is 57.2 Å². The second-order valence-corrected chi connectivity index (χ2v) is 7.77. The second-order valence-electron chi connectivity index (χ2n) is 7.77. The molecule has 3 nitrogen and oxygen atoms in total. The van der Waals surface area contributed by atoms with Crippen LogP contribution in [-0.4, -0.2) is 28.4 Å². The molecule has 1 aromatic carbocycles. The number of fused-ring (bicyclic) bond motifs is 1. The summed E-state index contributed by atoms with van der Waals surface area (Å²) in [5.41, 5.74) is 5.12. The maximum absolute atomic E-state index is 10.6. The van der Waals surface area contributed by atoms with Gasteiger partial charge >= 0.3 is 0 Å². The number of rotatable bonds is 5. The van der Waals surface area contributed by atoms with Crippen molar-refractivity contribution >= 4 is 10.9 Å². The maximum Gasteiger partial charge on any atom is 0.0843 e. The zero-order chi connectivity index (χ0) is 17.3. The molecule has 24 heavy (non-hydrogen) atoms. The van der Waals surface area contributed by atoms with Crippen LogP contribution in [0.5, 0.6) is 0 Å². The molecule has 0 radical (unpaired) electrons. The molecule has 2 N–H and O–H groups in total. The molecule has 1 heterocycles. The molecule has 0 aliphatic heterocycles. The summed E-state index contributed by atoms with van der Waals surface area (Å²) in [5.74, 6) is 0.727. The molecule has 2 aromatic rings. The third kappa shape index (κ3) is 3.52. The van der Waals surface area contributed by atoms with Gasteiger partial charge in [0.2, 0.25) is 0 Å². The number of nitrogens with one attached hydrogen (secondary N) is 1. The number of aromatic nitrogens is 1. The van der Waals surface area contributed by atoms with Crippen LogP contribution in [0.2, 0.25) is 0 Å². The zero-order valence-corrected chi connectivity index (χ0v) is 15.6. The minimum Gasteiger partial charge on any atom is -0.390 e. The SMILES string of the molecule is Cc1ccc2c(c1)c(C)c(C)n2CC(O)CNC1CCCCC1C. The molecule has 0 spiro atoms. The van der Waals surface area contributed by atoms with E-state index in [4.69, 9.17) is 0 Å². The van der Waals surface area contributed by atoms with Crippen molar-refractivity contribution < 1.29 is 5.11 Å². The van der Waals surface area contributed by atoms with Crippen LogP contribution in [0, 0.1) is 26.7 Å². The number of hydrogen-bond donors (Lipinski definition) is 2. The van der Waals surface area contributed by atoms with Crippen molar-refractivity contribution in [3.05, 3.63) is 35.0 Å². The molecule has 1 fully saturated rings. The van der Waals surface area contributed by atoms with Crippen molar-refractivity contribution in [1.29, 1.82) is 0 Å². The summed E-state index contributed by atoms with van der Waals surface area (Å²) in [6.45, 7) is 10.1. The van der Waals surface area contributed by atoms with E-state index in [9.17, 15) is 5.11 Å². The predicted octanol–water partition coefficient (Wildman–Crippen LogP) is 4.10. The van der Waals surface area contributed by atoms with E-state index in [-0.39, 0.29) is 6.10 Å². The van der Waals surface area contributed by atoms with E-state index in [1.54, 1.807) is 0 Å². The lowest BCUT2D eigenvalue weighted by Crippen LogP contribution is -2.42. The highest BCUT2D eigenvalue weighted by molar-refractivity contribution is 5.85. The minimum absolute atomic E-state index is 0.353. The second kappa shape index (κ2) is 7.28. The summed E-state index contributed by atoms with van der Waals surface area (Å²) in [5, 5.41) is 15.5. The van der Waals surface area contributed by atoms with Crippen molar-refractivity contribution in [2.45, 2.75) is 72.1 Å². The maximum atomic E-state index is 10.6. The molecule has 3 rings (SSSR count). The number of benzene rings is 1. The van der Waals surface area contributed by atoms with Gasteiger partial charge in [-0.3, -0.25) is 0 Å². The van der Waals surface area contributed by atoms with Gasteiger partial charge in [0.05, 0.1) is 12.6 Å². The number of aliphatic hydroxyl groups is 1. The highest BCUT2D eigenvalue weighted by atomic mass is 16.3. The van der Waals surface area contributed by atoms with Gasteiger partial charge in [-0.15, -0.1) is 0 Å². The normalized spacial score (nSPS) is 22.9. The van der Waals surface area contributed by atoms with Gasteiger partial charge in [0.1, 0.15) is 0 Å². The number of aliphatic hydroxyl groups excluding tert-OH is 1. The highest BCUT2D eigenvalue weighted by Gasteiger charge is 2.22. The molecule has 0 bridgehead atoms. The third-order valence-electron chi connectivity index (χ3n) is 5.91. The number of hydrogen-bond acceptors (Lipinski definition) is 2. The molecule has 1 saturated carbocycles. The van der Waals surface area contributed by atoms with Crippen molar-refractivity contribution in [2.24, 2.45) is 5.92 Å². The molecule has 3 atom stereocenters. The third-order valence-corrected chi connectivity index (χ3v) is 5.91. The van der Waals surface area contributed by atoms with Gasteiger partial charge in [0.25, 0.3) is 0 Å². The number of nitrogens with zero attached hydrogens (tertiary/aromatic N) is 1. The summed E-state index contributed by atoms with van der Waals surface area (Å²) in [4.78, 5) is 0. The zero-order valence-electron chi connectivity index (χ0n) is 15.6. The fourth-order valence-corrected chi connectivity index (χ4v) is 4.18. The number of aryl methyl sites for hydroxylation is 2. The molecule has 1 aromatic heterocycles. The Hall–Kier alpha value is -1.32. The minimum atomic E-state index is -0.353. The van der Waals surface area contributed by atoms with Gasteiger partial charge in [-0.2, -0.15) is 0 Å². The molecule has 132 valence electrons. The molecule has 0 amide bonds. The van der Waals surface area contributed by atoms with Gasteiger partial charge in [0, 0.05) is 29.2 Å². The molecule has 1 aliphatic rings. The van der Waals surface area contributed by atoms with E-state index < -0.39 is 0 Å². The Kier molecular flexibility index (Phi) is 5.31. The quantitative estimate of drug-likeness (QED) is 0.867. The van der Waals surface area contributed by atoms with Crippen LogP contribution >= 0.6 is 0 Å². The molecule has 3 heteroatoms. The molecule has 3 unspecified atom stereocenters. The first kappa shape index (κ1) is 17.5. The van der Waals surface area contributed by atoms with Crippen LogP contribution in [0.3, 0.4) is 0 Å². The Morgan fingerprint density at radius 3 is 2.71 bits per heavy atom. The van der Waals surface area contributed by atoms with Crippen molar-refractivity contribution in [1.82, 2.24) is 9.88 Å². The first-order chi connectivity index (χ1) is 11.5. The summed E-state index contributed by atoms with van der Waals surface area (Å²) in [6, 6.07) is 7.17. The van der Waals surface area contributed by atoms with Gasteiger partial charge in [0.15, 0.2) is 0 Å². The van der Waals surface area contributed by atoms with Gasteiger partial charge in [-0.1, -0.05) is 31.4 Å². The van der Waals surface area contributed by atoms with Crippen LogP contribution in [0.15, 0.2) is 18.2 Å². The Morgan fingerprint density at radius 1 is 1.21 bits per heavy atom. The average molecular weight is 329 g/mol. The lowest BCUT2D eigenvalue weighted by atomic mass is 9.86. The molecule has 0 saturated heterocycles. The largest absolute Gasteiger partial charge is 0.390 e. The summed E-state index contributed by atoms with van der Waals surface area (Å²) in [6.07, 6.45) is 4.88. The van der Waals surface area contributed by atoms with Gasteiger partial charge < -0.3 is 15.0 Å². The topological polar surface area (TPSA) is 37.2 Å². The first-order valence-electron chi connectivity index (χ1n) is 9.45. The van der Waals surface area contributed by atoms with Crippen LogP contribution in [0.4, 0.5) is 0 Å². The summed E-state index contributed by atoms with van der Waals surface area (Å²) in [7, 11) is 0. The molecular weight excluding hydrogens is 296 g/mol. The highest BCUT2D eigenvalue weighted by Crippen LogP contribution is 2.27. The molecular formula is C21H32N2O. The van der Waals surface area contributed by atoms with E-state index in [0.717, 1.165) is 5.92 Å². The Bertz CT molecular complexity index is 703. The van der Waals surface area contributed by atoms with E-state index in [1.807, 2.05) is 0 Å². The Morgan fingerprint density at radius 2 is 1.96 bits per heavy atom. The summed E-state index contributed by atoms with van der Waals surface area (Å²) >= 11 is 0. The van der Waals surface area contributed by atoms with E-state index in [0.29, 0.717) is 19.1 Å². The van der Waals surface area contributed by atoms with Crippen LogP contribution in [-0.2, 0) is 6.54 Å². The first-order valence-corrected chi connectivity index (χ1v) is 9.45. The van der Waals surface area contributed by atoms with Crippen LogP contribution in [0.1, 0.15) is 49.4 Å². The predicted molar refractivity (Wildman–Crippen MR) is 102 cm³/mol. The lowest BCUT2D eigenvalue weighted by molar-refractivity contribution is 0.139. The summed E-state index contributed by atoms with van der Waals surface area (Å²) < 4.78 is 2.28. The lowest BCUT2D eigenvalue weighted by Gasteiger charge is -2.30. The van der Waals surface area contributed by atoms with E-state index in [2.05, 4.69) is 55.8 Å². The van der Waals surface area contributed by atoms with Crippen LogP contribution in [0.25, 0.3) is 10.9 Å². The fourth-order valence-electron chi connectivity index (χ4n) is 4.18. The van der Waals surface area contributed by atoms with E-state index >= 15 is 0 Å². The fraction of sp³-hybridized carbons (Fsp3) is 0.619. The average Bonchev–Trinajstić information content (AvgIpc) is 2.79. The Labute approximate surface area is 146 Å². The van der Waals surface area contributed by atoms with Crippen molar-refractivity contribution in [3.63, 3.8) is 0 Å². The Balaban J connectivity index is 1.69.